The fourth-order valence-electron chi connectivity index (χ4n) is 4.54. The van der Waals surface area contributed by atoms with Gasteiger partial charge in [-0.3, -0.25) is 14.5 Å². The van der Waals surface area contributed by atoms with E-state index in [-0.39, 0.29) is 18.0 Å². The maximum Gasteiger partial charge on any atom is 0.325 e. The Kier molecular flexibility index (Phi) is 4.51. The van der Waals surface area contributed by atoms with Crippen molar-refractivity contribution in [3.8, 4) is 0 Å². The lowest BCUT2D eigenvalue weighted by Crippen LogP contribution is -2.40. The molecule has 0 bridgehead atoms. The number of hydrogen-bond donors (Lipinski definition) is 2. The lowest BCUT2D eigenvalue weighted by atomic mass is 9.89. The van der Waals surface area contributed by atoms with Crippen molar-refractivity contribution in [3.05, 3.63) is 62.0 Å². The molecule has 0 radical (unpaired) electrons. The van der Waals surface area contributed by atoms with Crippen LogP contribution in [0.15, 0.2) is 29.1 Å². The van der Waals surface area contributed by atoms with Gasteiger partial charge in [0.2, 0.25) is 0 Å². The van der Waals surface area contributed by atoms with Crippen LogP contribution in [-0.4, -0.2) is 26.8 Å². The number of carbonyl (C=O) groups excluding carboxylic acids is 2. The highest BCUT2D eigenvalue weighted by molar-refractivity contribution is 7.18. The summed E-state index contributed by atoms with van der Waals surface area (Å²) in [5.74, 6) is 0.564. The van der Waals surface area contributed by atoms with Crippen molar-refractivity contribution >= 4 is 33.5 Å². The van der Waals surface area contributed by atoms with Gasteiger partial charge in [-0.25, -0.2) is 9.78 Å². The second-order valence-electron chi connectivity index (χ2n) is 8.86. The second kappa shape index (κ2) is 7.02. The van der Waals surface area contributed by atoms with Crippen LogP contribution in [0.1, 0.15) is 47.7 Å². The molecular weight excluding hydrogens is 412 g/mol. The molecule has 3 amide bonds. The number of carbonyl (C=O) groups is 2. The molecule has 0 unspecified atom stereocenters. The molecule has 2 atom stereocenters. The van der Waals surface area contributed by atoms with Crippen LogP contribution in [0.3, 0.4) is 0 Å². The molecule has 5 rings (SSSR count). The second-order valence-corrected chi connectivity index (χ2v) is 9.94. The summed E-state index contributed by atoms with van der Waals surface area (Å²) in [6.07, 6.45) is 2.93. The average molecular weight is 437 g/mol. The average Bonchev–Trinajstić information content (AvgIpc) is 3.18. The van der Waals surface area contributed by atoms with Crippen LogP contribution in [0.4, 0.5) is 4.79 Å². The predicted molar refractivity (Wildman–Crippen MR) is 119 cm³/mol. The number of fused-ring (bicyclic) bond motifs is 3. The van der Waals surface area contributed by atoms with Crippen LogP contribution in [-0.2, 0) is 29.7 Å². The van der Waals surface area contributed by atoms with E-state index in [0.717, 1.165) is 40.9 Å². The number of amides is 3. The minimum absolute atomic E-state index is 0.0731. The van der Waals surface area contributed by atoms with E-state index in [1.165, 1.54) is 4.88 Å². The minimum Gasteiger partial charge on any atom is -0.319 e. The first kappa shape index (κ1) is 19.9. The van der Waals surface area contributed by atoms with Crippen molar-refractivity contribution in [2.75, 3.05) is 0 Å². The van der Waals surface area contributed by atoms with Gasteiger partial charge in [-0.2, -0.15) is 0 Å². The summed E-state index contributed by atoms with van der Waals surface area (Å²) in [6.45, 7) is 5.82. The smallest absolute Gasteiger partial charge is 0.319 e. The third-order valence-electron chi connectivity index (χ3n) is 6.43. The summed E-state index contributed by atoms with van der Waals surface area (Å²) in [6, 6.07) is 7.03. The van der Waals surface area contributed by atoms with Gasteiger partial charge < -0.3 is 10.3 Å². The number of hydrogen-bond acceptors (Lipinski definition) is 5. The fraction of sp³-hybridized carbons (Fsp3) is 0.391. The number of nitrogens with zero attached hydrogens (tertiary/aromatic N) is 2. The Labute approximate surface area is 183 Å². The Morgan fingerprint density at radius 1 is 1.23 bits per heavy atom. The van der Waals surface area contributed by atoms with Crippen molar-refractivity contribution in [3.63, 3.8) is 0 Å². The first-order chi connectivity index (χ1) is 14.8. The van der Waals surface area contributed by atoms with E-state index in [4.69, 9.17) is 0 Å². The molecule has 1 saturated heterocycles. The van der Waals surface area contributed by atoms with Crippen LogP contribution in [0.5, 0.6) is 0 Å². The van der Waals surface area contributed by atoms with Crippen LogP contribution in [0.2, 0.25) is 0 Å². The van der Waals surface area contributed by atoms with Gasteiger partial charge in [-0.1, -0.05) is 36.8 Å². The lowest BCUT2D eigenvalue weighted by molar-refractivity contribution is -0.131. The SMILES string of the molecule is Cc1ccc([C@]2(C)NC(=O)N(Cc3nc4sc5c(c4c(=O)[nH]3)CC[C@@H](C)C5)C2=O)cc1. The van der Waals surface area contributed by atoms with E-state index in [2.05, 4.69) is 22.2 Å². The number of imide groups is 1. The van der Waals surface area contributed by atoms with Crippen LogP contribution >= 0.6 is 11.3 Å². The zero-order chi connectivity index (χ0) is 21.9. The summed E-state index contributed by atoms with van der Waals surface area (Å²) < 4.78 is 0. The monoisotopic (exact) mass is 436 g/mol. The third-order valence-corrected chi connectivity index (χ3v) is 7.57. The van der Waals surface area contributed by atoms with Gasteiger partial charge in [0.05, 0.1) is 11.9 Å². The molecule has 1 fully saturated rings. The molecular formula is C23H24N4O3S. The quantitative estimate of drug-likeness (QED) is 0.616. The number of nitrogens with one attached hydrogen (secondary N) is 2. The Bertz CT molecular complexity index is 1280. The van der Waals surface area contributed by atoms with E-state index >= 15 is 0 Å². The van der Waals surface area contributed by atoms with Gasteiger partial charge in [0.15, 0.2) is 0 Å². The maximum absolute atomic E-state index is 13.2. The topological polar surface area (TPSA) is 95.2 Å². The fourth-order valence-corrected chi connectivity index (χ4v) is 5.94. The molecule has 7 nitrogen and oxygen atoms in total. The number of H-pyrrole nitrogens is 1. The summed E-state index contributed by atoms with van der Waals surface area (Å²) in [4.78, 5) is 49.2. The molecule has 2 N–H and O–H groups in total. The van der Waals surface area contributed by atoms with Crippen molar-refractivity contribution in [1.82, 2.24) is 20.2 Å². The first-order valence-electron chi connectivity index (χ1n) is 10.5. The van der Waals surface area contributed by atoms with Crippen molar-refractivity contribution in [1.29, 1.82) is 0 Å². The predicted octanol–water partition coefficient (Wildman–Crippen LogP) is 3.39. The van der Waals surface area contributed by atoms with E-state index in [1.807, 2.05) is 31.2 Å². The number of rotatable bonds is 3. The van der Waals surface area contributed by atoms with Crippen molar-refractivity contribution in [2.45, 2.75) is 52.1 Å². The van der Waals surface area contributed by atoms with Crippen LogP contribution in [0, 0.1) is 12.8 Å². The van der Waals surface area contributed by atoms with Gasteiger partial charge in [-0.05, 0) is 50.2 Å². The van der Waals surface area contributed by atoms with Crippen LogP contribution < -0.4 is 10.9 Å². The van der Waals surface area contributed by atoms with E-state index in [0.29, 0.717) is 22.0 Å². The molecule has 3 aromatic rings. The lowest BCUT2D eigenvalue weighted by Gasteiger charge is -2.22. The first-order valence-corrected chi connectivity index (χ1v) is 11.3. The maximum atomic E-state index is 13.2. The molecule has 0 spiro atoms. The molecule has 1 aliphatic heterocycles. The van der Waals surface area contributed by atoms with E-state index in [1.54, 1.807) is 18.3 Å². The summed E-state index contributed by atoms with van der Waals surface area (Å²) in [5, 5.41) is 3.47. The number of aromatic nitrogens is 2. The number of benzene rings is 1. The van der Waals surface area contributed by atoms with Gasteiger partial charge in [0, 0.05) is 4.88 Å². The number of urea groups is 1. The van der Waals surface area contributed by atoms with Gasteiger partial charge in [0.25, 0.3) is 11.5 Å². The molecule has 2 aliphatic rings. The van der Waals surface area contributed by atoms with Gasteiger partial charge >= 0.3 is 6.03 Å². The Morgan fingerprint density at radius 3 is 2.71 bits per heavy atom. The van der Waals surface area contributed by atoms with Crippen molar-refractivity contribution in [2.24, 2.45) is 5.92 Å². The molecule has 1 aliphatic carbocycles. The zero-order valence-electron chi connectivity index (χ0n) is 17.7. The molecule has 0 saturated carbocycles. The molecule has 160 valence electrons. The number of aromatic amines is 1. The largest absolute Gasteiger partial charge is 0.325 e. The minimum atomic E-state index is -1.15. The Hall–Kier alpha value is -3.00. The van der Waals surface area contributed by atoms with E-state index in [9.17, 15) is 14.4 Å². The molecule has 2 aromatic heterocycles. The van der Waals surface area contributed by atoms with Gasteiger partial charge in [-0.15, -0.1) is 11.3 Å². The zero-order valence-corrected chi connectivity index (χ0v) is 18.6. The highest BCUT2D eigenvalue weighted by Crippen LogP contribution is 2.36. The third kappa shape index (κ3) is 3.17. The Balaban J connectivity index is 1.47. The molecule has 31 heavy (non-hydrogen) atoms. The highest BCUT2D eigenvalue weighted by atomic mass is 32.1. The van der Waals surface area contributed by atoms with Crippen LogP contribution in [0.25, 0.3) is 10.2 Å². The summed E-state index contributed by atoms with van der Waals surface area (Å²) >= 11 is 1.55. The standard InChI is InChI=1S/C23H24N4O3S/c1-12-4-7-14(8-5-12)23(3)21(29)27(22(30)26-23)11-17-24-19(28)18-15-9-6-13(2)10-16(15)31-20(18)25-17/h4-5,7-8,13H,6,9-11H2,1-3H3,(H,26,30)(H,24,25,28)/t13-,23+/m1/s1. The van der Waals surface area contributed by atoms with Crippen molar-refractivity contribution < 1.29 is 9.59 Å². The summed E-state index contributed by atoms with van der Waals surface area (Å²) in [7, 11) is 0. The van der Waals surface area contributed by atoms with E-state index < -0.39 is 11.6 Å². The molecule has 1 aromatic carbocycles. The Morgan fingerprint density at radius 2 is 1.97 bits per heavy atom. The number of thiophene rings is 1. The normalized spacial score (nSPS) is 23.3. The summed E-state index contributed by atoms with van der Waals surface area (Å²) in [5.41, 5.74) is 1.56. The highest BCUT2D eigenvalue weighted by Gasteiger charge is 2.49. The molecule has 3 heterocycles. The number of aryl methyl sites for hydroxylation is 2. The molecule has 8 heteroatoms. The van der Waals surface area contributed by atoms with Gasteiger partial charge in [0.1, 0.15) is 16.2 Å².